The average Bonchev–Trinajstić information content (AvgIpc) is 2.36. The van der Waals surface area contributed by atoms with Crippen LogP contribution in [0.2, 0.25) is 0 Å². The molecular weight excluding hydrogens is 230 g/mol. The highest BCUT2D eigenvalue weighted by Crippen LogP contribution is 2.10. The van der Waals surface area contributed by atoms with Crippen LogP contribution in [-0.4, -0.2) is 12.8 Å². The van der Waals surface area contributed by atoms with Gasteiger partial charge in [-0.2, -0.15) is 0 Å². The number of hydrogen-bond donors (Lipinski definition) is 0. The summed E-state index contributed by atoms with van der Waals surface area (Å²) < 4.78 is 0. The maximum Gasteiger partial charge on any atom is 0.0386 e. The van der Waals surface area contributed by atoms with E-state index in [4.69, 9.17) is 0 Å². The molecule has 0 heterocycles. The lowest BCUT2D eigenvalue weighted by Crippen LogP contribution is -1.85. The molecule has 108 valence electrons. The van der Waals surface area contributed by atoms with Gasteiger partial charge in [0.1, 0.15) is 0 Å². The van der Waals surface area contributed by atoms with Crippen LogP contribution >= 0.6 is 0 Å². The standard InChI is InChI=1S/C16H25N.C2H6/c1-7-10-17-12-15(6)11-16(14(4)5)9-8-13(2)3;1-2/h8-9,11-12H,2,7,10H2,1,3-6H3;1-2H3/b9-8-,15-11+,17-12?;. The van der Waals surface area contributed by atoms with Crippen molar-refractivity contribution in [1.82, 2.24) is 0 Å². The van der Waals surface area contributed by atoms with Crippen molar-refractivity contribution in [2.75, 3.05) is 6.54 Å². The third-order valence-electron chi connectivity index (χ3n) is 2.16. The fraction of sp³-hybridized carbons (Fsp3) is 0.500. The van der Waals surface area contributed by atoms with Gasteiger partial charge in [-0.25, -0.2) is 0 Å². The number of allylic oxidation sites excluding steroid dienone is 7. The summed E-state index contributed by atoms with van der Waals surface area (Å²) in [5.41, 5.74) is 4.77. The topological polar surface area (TPSA) is 12.4 Å². The van der Waals surface area contributed by atoms with E-state index in [2.05, 4.69) is 51.4 Å². The lowest BCUT2D eigenvalue weighted by Gasteiger charge is -2.00. The summed E-state index contributed by atoms with van der Waals surface area (Å²) in [6.07, 6.45) is 9.34. The van der Waals surface area contributed by atoms with Crippen molar-refractivity contribution in [2.45, 2.75) is 54.9 Å². The lowest BCUT2D eigenvalue weighted by atomic mass is 10.1. The normalized spacial score (nSPS) is 11.4. The molecule has 0 aliphatic heterocycles. The zero-order valence-electron chi connectivity index (χ0n) is 13.9. The van der Waals surface area contributed by atoms with Crippen LogP contribution in [0.25, 0.3) is 0 Å². The van der Waals surface area contributed by atoms with Crippen molar-refractivity contribution in [3.63, 3.8) is 0 Å². The van der Waals surface area contributed by atoms with Gasteiger partial charge in [0.2, 0.25) is 0 Å². The Morgan fingerprint density at radius 1 is 1.05 bits per heavy atom. The highest BCUT2D eigenvalue weighted by Gasteiger charge is 1.92. The van der Waals surface area contributed by atoms with Crippen LogP contribution in [0, 0.1) is 0 Å². The van der Waals surface area contributed by atoms with Gasteiger partial charge in [0.15, 0.2) is 0 Å². The first kappa shape index (κ1) is 20.0. The van der Waals surface area contributed by atoms with Gasteiger partial charge in [-0.1, -0.05) is 56.7 Å². The molecule has 0 rings (SSSR count). The maximum atomic E-state index is 4.34. The summed E-state index contributed by atoms with van der Waals surface area (Å²) in [5, 5.41) is 0. The fourth-order valence-corrected chi connectivity index (χ4v) is 1.21. The summed E-state index contributed by atoms with van der Waals surface area (Å²) in [7, 11) is 0. The molecule has 0 radical (unpaired) electrons. The van der Waals surface area contributed by atoms with Crippen LogP contribution in [0.1, 0.15) is 54.9 Å². The van der Waals surface area contributed by atoms with Crippen molar-refractivity contribution < 1.29 is 0 Å². The van der Waals surface area contributed by atoms with E-state index in [9.17, 15) is 0 Å². The highest BCUT2D eigenvalue weighted by atomic mass is 14.7. The number of rotatable bonds is 6. The minimum absolute atomic E-state index is 0.900. The van der Waals surface area contributed by atoms with Crippen molar-refractivity contribution >= 4 is 6.21 Å². The SMILES string of the molecule is C=C(C)/C=C\C(/C=C(\C)C=NCCC)=C(C)C.CC. The monoisotopic (exact) mass is 261 g/mol. The number of hydrogen-bond acceptors (Lipinski definition) is 1. The first-order chi connectivity index (χ1) is 8.97. The molecule has 0 aromatic rings. The second kappa shape index (κ2) is 13.1. The first-order valence-corrected chi connectivity index (χ1v) is 7.16. The Kier molecular flexibility index (Phi) is 13.7. The molecule has 0 aliphatic carbocycles. The molecule has 0 fully saturated rings. The Morgan fingerprint density at radius 3 is 2.05 bits per heavy atom. The second-order valence-electron chi connectivity index (χ2n) is 4.56. The van der Waals surface area contributed by atoms with E-state index < -0.39 is 0 Å². The fourth-order valence-electron chi connectivity index (χ4n) is 1.21. The molecule has 0 spiro atoms. The van der Waals surface area contributed by atoms with Crippen LogP contribution in [0.15, 0.2) is 52.1 Å². The Balaban J connectivity index is 0. The zero-order chi connectivity index (χ0) is 15.3. The minimum Gasteiger partial charge on any atom is -0.293 e. The first-order valence-electron chi connectivity index (χ1n) is 7.16. The Bertz CT molecular complexity index is 361. The summed E-state index contributed by atoms with van der Waals surface area (Å²) in [6.45, 7) is 19.2. The van der Waals surface area contributed by atoms with Gasteiger partial charge in [-0.15, -0.1) is 0 Å². The van der Waals surface area contributed by atoms with Crippen LogP contribution in [-0.2, 0) is 0 Å². The molecule has 0 saturated heterocycles. The van der Waals surface area contributed by atoms with Crippen LogP contribution in [0.5, 0.6) is 0 Å². The van der Waals surface area contributed by atoms with E-state index in [0.29, 0.717) is 0 Å². The average molecular weight is 261 g/mol. The van der Waals surface area contributed by atoms with Crippen molar-refractivity contribution in [3.05, 3.63) is 47.1 Å². The van der Waals surface area contributed by atoms with Crippen LogP contribution < -0.4 is 0 Å². The van der Waals surface area contributed by atoms with E-state index in [-0.39, 0.29) is 0 Å². The summed E-state index contributed by atoms with van der Waals surface area (Å²) >= 11 is 0. The molecule has 0 aromatic carbocycles. The van der Waals surface area contributed by atoms with Gasteiger partial charge in [0.05, 0.1) is 0 Å². The third-order valence-corrected chi connectivity index (χ3v) is 2.16. The van der Waals surface area contributed by atoms with Gasteiger partial charge in [-0.05, 0) is 45.3 Å². The Hall–Kier alpha value is -1.37. The number of aliphatic imine (C=N–C) groups is 1. The molecule has 0 atom stereocenters. The van der Waals surface area contributed by atoms with E-state index in [1.54, 1.807) is 0 Å². The number of nitrogens with zero attached hydrogens (tertiary/aromatic N) is 1. The van der Waals surface area contributed by atoms with Gasteiger partial charge < -0.3 is 0 Å². The van der Waals surface area contributed by atoms with Gasteiger partial charge in [0, 0.05) is 12.8 Å². The van der Waals surface area contributed by atoms with Crippen molar-refractivity contribution in [3.8, 4) is 0 Å². The van der Waals surface area contributed by atoms with Crippen molar-refractivity contribution in [1.29, 1.82) is 0 Å². The van der Waals surface area contributed by atoms with Crippen molar-refractivity contribution in [2.24, 2.45) is 4.99 Å². The molecule has 19 heavy (non-hydrogen) atoms. The maximum absolute atomic E-state index is 4.34. The van der Waals surface area contributed by atoms with E-state index >= 15 is 0 Å². The zero-order valence-corrected chi connectivity index (χ0v) is 13.9. The molecule has 0 amide bonds. The predicted molar refractivity (Wildman–Crippen MR) is 91.1 cm³/mol. The van der Waals surface area contributed by atoms with Gasteiger partial charge >= 0.3 is 0 Å². The highest BCUT2D eigenvalue weighted by molar-refractivity contribution is 5.78. The van der Waals surface area contributed by atoms with E-state index in [1.807, 2.05) is 33.1 Å². The lowest BCUT2D eigenvalue weighted by molar-refractivity contribution is 0.936. The predicted octanol–water partition coefficient (Wildman–Crippen LogP) is 5.91. The summed E-state index contributed by atoms with van der Waals surface area (Å²) in [4.78, 5) is 4.34. The second-order valence-corrected chi connectivity index (χ2v) is 4.56. The molecule has 0 unspecified atom stereocenters. The van der Waals surface area contributed by atoms with E-state index in [1.165, 1.54) is 16.7 Å². The van der Waals surface area contributed by atoms with E-state index in [0.717, 1.165) is 18.5 Å². The van der Waals surface area contributed by atoms with Gasteiger partial charge in [-0.3, -0.25) is 4.99 Å². The summed E-state index contributed by atoms with van der Waals surface area (Å²) in [5.74, 6) is 0. The molecule has 0 N–H and O–H groups in total. The molecule has 0 saturated carbocycles. The smallest absolute Gasteiger partial charge is 0.0386 e. The molecule has 1 heteroatoms. The molecule has 1 nitrogen and oxygen atoms in total. The van der Waals surface area contributed by atoms with Gasteiger partial charge in [0.25, 0.3) is 0 Å². The minimum atomic E-state index is 0.900. The molecule has 0 bridgehead atoms. The van der Waals surface area contributed by atoms with Crippen LogP contribution in [0.4, 0.5) is 0 Å². The van der Waals surface area contributed by atoms with Crippen LogP contribution in [0.3, 0.4) is 0 Å². The third kappa shape index (κ3) is 12.9. The quantitative estimate of drug-likeness (QED) is 0.416. The molecule has 0 aliphatic rings. The largest absolute Gasteiger partial charge is 0.293 e. The molecular formula is C18H31N. The molecule has 0 aromatic heterocycles. The Labute approximate surface area is 120 Å². The summed E-state index contributed by atoms with van der Waals surface area (Å²) in [6, 6.07) is 0. The Morgan fingerprint density at radius 2 is 1.63 bits per heavy atom.